The number of phenols is 1. The minimum Gasteiger partial charge on any atom is -0.505 e. The van der Waals surface area contributed by atoms with Gasteiger partial charge in [-0.2, -0.15) is 0 Å². The van der Waals surface area contributed by atoms with Gasteiger partial charge in [-0.25, -0.2) is 4.39 Å². The number of hydrogen-bond acceptors (Lipinski definition) is 2. The summed E-state index contributed by atoms with van der Waals surface area (Å²) in [5, 5.41) is 9.59. The molecule has 1 aromatic carbocycles. The molecule has 114 valence electrons. The number of carbonyl (C=O) groups excluding carboxylic acids is 1. The van der Waals surface area contributed by atoms with E-state index in [1.54, 1.807) is 6.07 Å². The lowest BCUT2D eigenvalue weighted by Crippen LogP contribution is -2.35. The molecule has 0 aliphatic heterocycles. The number of ketones is 1. The van der Waals surface area contributed by atoms with E-state index in [4.69, 9.17) is 0 Å². The fourth-order valence-electron chi connectivity index (χ4n) is 4.56. The van der Waals surface area contributed by atoms with E-state index in [0.29, 0.717) is 0 Å². The van der Waals surface area contributed by atoms with Crippen LogP contribution in [0.1, 0.15) is 44.2 Å². The molecule has 3 aliphatic carbocycles. The number of carbonyl (C=O) groups is 1. The van der Waals surface area contributed by atoms with E-state index in [0.717, 1.165) is 42.4 Å². The maximum absolute atomic E-state index is 13.8. The molecule has 0 radical (unpaired) electrons. The monoisotopic (exact) mass is 298 g/mol. The zero-order valence-corrected chi connectivity index (χ0v) is 12.9. The van der Waals surface area contributed by atoms with Gasteiger partial charge >= 0.3 is 0 Å². The summed E-state index contributed by atoms with van der Waals surface area (Å²) in [5.41, 5.74) is 5.01. The number of fused-ring (bicyclic) bond motifs is 4. The number of hydrogen-bond donors (Lipinski definition) is 1. The molecule has 3 heteroatoms. The fourth-order valence-corrected chi connectivity index (χ4v) is 4.56. The van der Waals surface area contributed by atoms with Crippen LogP contribution >= 0.6 is 0 Å². The molecule has 0 aromatic heterocycles. The second-order valence-electron chi connectivity index (χ2n) is 7.04. The highest BCUT2D eigenvalue weighted by Crippen LogP contribution is 2.55. The Morgan fingerprint density at radius 1 is 1.27 bits per heavy atom. The van der Waals surface area contributed by atoms with Gasteiger partial charge in [-0.3, -0.25) is 4.79 Å². The Morgan fingerprint density at radius 2 is 2.05 bits per heavy atom. The Bertz CT molecular complexity index is 772. The molecular weight excluding hydrogens is 279 g/mol. The Morgan fingerprint density at radius 3 is 2.82 bits per heavy atom. The predicted molar refractivity (Wildman–Crippen MR) is 82.9 cm³/mol. The number of allylic oxidation sites excluding steroid dienone is 4. The number of rotatable bonds is 0. The van der Waals surface area contributed by atoms with Crippen molar-refractivity contribution in [2.75, 3.05) is 0 Å². The summed E-state index contributed by atoms with van der Waals surface area (Å²) in [4.78, 5) is 12.5. The molecule has 22 heavy (non-hydrogen) atoms. The number of benzene rings is 1. The summed E-state index contributed by atoms with van der Waals surface area (Å²) in [6.07, 6.45) is 5.43. The van der Waals surface area contributed by atoms with Crippen molar-refractivity contribution in [3.8, 4) is 5.75 Å². The van der Waals surface area contributed by atoms with Crippen LogP contribution < -0.4 is 0 Å². The summed E-state index contributed by atoms with van der Waals surface area (Å²) >= 11 is 0. The van der Waals surface area contributed by atoms with E-state index in [1.165, 1.54) is 17.2 Å². The van der Waals surface area contributed by atoms with Crippen molar-refractivity contribution in [3.63, 3.8) is 0 Å². The molecule has 4 rings (SSSR count). The highest BCUT2D eigenvalue weighted by atomic mass is 19.1. The molecule has 1 aromatic rings. The molecule has 0 saturated heterocycles. The quantitative estimate of drug-likeness (QED) is 0.780. The van der Waals surface area contributed by atoms with Crippen molar-refractivity contribution in [2.45, 2.75) is 39.5 Å². The third kappa shape index (κ3) is 1.62. The molecule has 0 amide bonds. The molecule has 2 nitrogen and oxygen atoms in total. The van der Waals surface area contributed by atoms with Crippen LogP contribution in [0.3, 0.4) is 0 Å². The van der Waals surface area contributed by atoms with Gasteiger partial charge in [0.15, 0.2) is 17.3 Å². The maximum atomic E-state index is 13.8. The van der Waals surface area contributed by atoms with Crippen LogP contribution in [-0.2, 0) is 11.2 Å². The van der Waals surface area contributed by atoms with Crippen LogP contribution in [0.4, 0.5) is 4.39 Å². The molecule has 0 spiro atoms. The lowest BCUT2D eigenvalue weighted by Gasteiger charge is -2.40. The van der Waals surface area contributed by atoms with Crippen LogP contribution in [0, 0.1) is 17.2 Å². The Hall–Kier alpha value is -1.90. The van der Waals surface area contributed by atoms with Crippen molar-refractivity contribution in [3.05, 3.63) is 46.3 Å². The predicted octanol–water partition coefficient (Wildman–Crippen LogP) is 4.18. The van der Waals surface area contributed by atoms with Crippen molar-refractivity contribution >= 4 is 11.4 Å². The third-order valence-corrected chi connectivity index (χ3v) is 5.80. The van der Waals surface area contributed by atoms with Gasteiger partial charge in [-0.15, -0.1) is 0 Å². The molecule has 2 atom stereocenters. The first-order chi connectivity index (χ1) is 10.4. The maximum Gasteiger partial charge on any atom is 0.165 e. The normalized spacial score (nSPS) is 29.9. The van der Waals surface area contributed by atoms with Crippen molar-refractivity contribution < 1.29 is 14.3 Å². The lowest BCUT2D eigenvalue weighted by molar-refractivity contribution is -0.124. The third-order valence-electron chi connectivity index (χ3n) is 5.80. The van der Waals surface area contributed by atoms with Gasteiger partial charge in [0.1, 0.15) is 0 Å². The van der Waals surface area contributed by atoms with Gasteiger partial charge in [-0.05, 0) is 67.0 Å². The average molecular weight is 298 g/mol. The minimum atomic E-state index is -0.560. The van der Waals surface area contributed by atoms with Crippen LogP contribution in [0.5, 0.6) is 5.75 Å². The first-order valence-corrected chi connectivity index (χ1v) is 7.88. The Labute approximate surface area is 129 Å². The highest BCUT2D eigenvalue weighted by Gasteiger charge is 2.49. The van der Waals surface area contributed by atoms with Crippen molar-refractivity contribution in [1.29, 1.82) is 0 Å². The van der Waals surface area contributed by atoms with Crippen LogP contribution in [0.2, 0.25) is 0 Å². The number of aryl methyl sites for hydroxylation is 1. The van der Waals surface area contributed by atoms with Crippen molar-refractivity contribution in [1.82, 2.24) is 0 Å². The Kier molecular flexibility index (Phi) is 2.69. The van der Waals surface area contributed by atoms with E-state index in [9.17, 15) is 14.3 Å². The van der Waals surface area contributed by atoms with Gasteiger partial charge in [0.25, 0.3) is 0 Å². The number of halogens is 1. The first-order valence-electron chi connectivity index (χ1n) is 7.88. The summed E-state index contributed by atoms with van der Waals surface area (Å²) in [7, 11) is 0. The van der Waals surface area contributed by atoms with E-state index < -0.39 is 5.82 Å². The minimum absolute atomic E-state index is 0.161. The molecule has 0 bridgehead atoms. The van der Waals surface area contributed by atoms with Gasteiger partial charge in [0.2, 0.25) is 0 Å². The Balaban J connectivity index is 1.89. The summed E-state index contributed by atoms with van der Waals surface area (Å²) in [6, 6.07) is 3.03. The van der Waals surface area contributed by atoms with Gasteiger partial charge in [0, 0.05) is 11.3 Å². The highest BCUT2D eigenvalue weighted by molar-refractivity contribution is 6.03. The molecular formula is C19H19FO2. The van der Waals surface area contributed by atoms with E-state index >= 15 is 0 Å². The SMILES string of the molecule is CC1=C[C@H]2C3=C(CC[C@@]2(C)C1=O)c1cc(F)c(O)cc1CC3. The lowest BCUT2D eigenvalue weighted by atomic mass is 9.62. The zero-order valence-electron chi connectivity index (χ0n) is 12.9. The van der Waals surface area contributed by atoms with Crippen LogP contribution in [0.25, 0.3) is 5.57 Å². The first kappa shape index (κ1) is 13.7. The van der Waals surface area contributed by atoms with Gasteiger partial charge in [0.05, 0.1) is 0 Å². The molecule has 0 heterocycles. The standard InChI is InChI=1S/C19H19FO2/c1-10-7-15-13-4-3-11-8-17(21)16(20)9-14(11)12(13)5-6-19(15,2)18(10)22/h7-9,15,21H,3-6H2,1-2H3/t15-,19+/m0/s1. The molecule has 0 saturated carbocycles. The number of aromatic hydroxyl groups is 1. The smallest absolute Gasteiger partial charge is 0.165 e. The van der Waals surface area contributed by atoms with Crippen LogP contribution in [-0.4, -0.2) is 10.9 Å². The van der Waals surface area contributed by atoms with E-state index in [-0.39, 0.29) is 22.9 Å². The van der Waals surface area contributed by atoms with Crippen molar-refractivity contribution in [2.24, 2.45) is 11.3 Å². The second kappa shape index (κ2) is 4.31. The summed E-state index contributed by atoms with van der Waals surface area (Å²) in [5.74, 6) is -0.397. The average Bonchev–Trinajstić information content (AvgIpc) is 2.72. The largest absolute Gasteiger partial charge is 0.505 e. The van der Waals surface area contributed by atoms with E-state index in [1.807, 2.05) is 6.92 Å². The fraction of sp³-hybridized carbons (Fsp3) is 0.421. The molecule has 1 N–H and O–H groups in total. The van der Waals surface area contributed by atoms with E-state index in [2.05, 4.69) is 13.0 Å². The van der Waals surface area contributed by atoms with Gasteiger partial charge in [-0.1, -0.05) is 18.6 Å². The molecule has 0 unspecified atom stereocenters. The number of phenolic OH excluding ortho intramolecular Hbond substituents is 1. The molecule has 0 fully saturated rings. The van der Waals surface area contributed by atoms with Crippen LogP contribution in [0.15, 0.2) is 29.4 Å². The molecule has 3 aliphatic rings. The summed E-state index contributed by atoms with van der Waals surface area (Å²) in [6.45, 7) is 3.98. The summed E-state index contributed by atoms with van der Waals surface area (Å²) < 4.78 is 13.8. The van der Waals surface area contributed by atoms with Gasteiger partial charge < -0.3 is 5.11 Å². The zero-order chi connectivity index (χ0) is 15.6. The second-order valence-corrected chi connectivity index (χ2v) is 7.04. The number of Topliss-reactive ketones (excluding diaryl/α,β-unsaturated/α-hetero) is 1. The topological polar surface area (TPSA) is 37.3 Å².